The van der Waals surface area contributed by atoms with Crippen molar-refractivity contribution in [2.24, 2.45) is 58.7 Å². The number of benzene rings is 2. The van der Waals surface area contributed by atoms with Crippen LogP contribution in [-0.2, 0) is 76.5 Å². The Balaban J connectivity index is 1.51. The van der Waals surface area contributed by atoms with Crippen molar-refractivity contribution in [3.63, 3.8) is 0 Å². The van der Waals surface area contributed by atoms with Crippen LogP contribution in [0.5, 0.6) is 0 Å². The Labute approximate surface area is 636 Å². The summed E-state index contributed by atoms with van der Waals surface area (Å²) in [6, 6.07) is 6.87. The van der Waals surface area contributed by atoms with Crippen molar-refractivity contribution < 1.29 is 81.3 Å². The van der Waals surface area contributed by atoms with E-state index in [1.807, 2.05) is 116 Å². The quantitative estimate of drug-likeness (QED) is 0.0355. The highest BCUT2D eigenvalue weighted by atomic mass is 16.7. The van der Waals surface area contributed by atoms with Crippen LogP contribution in [0.2, 0.25) is 0 Å². The van der Waals surface area contributed by atoms with Gasteiger partial charge < -0.3 is 49.2 Å². The van der Waals surface area contributed by atoms with Crippen molar-refractivity contribution in [3.8, 4) is 11.1 Å². The van der Waals surface area contributed by atoms with E-state index < -0.39 is 166 Å². The second kappa shape index (κ2) is 41.1. The molecule has 0 unspecified atom stereocenters. The van der Waals surface area contributed by atoms with Crippen LogP contribution in [0.3, 0.4) is 0 Å². The molecule has 1 aliphatic heterocycles. The zero-order chi connectivity index (χ0) is 81.1. The topological polar surface area (TPSA) is 294 Å². The van der Waals surface area contributed by atoms with E-state index in [0.29, 0.717) is 6.42 Å². The maximum Gasteiger partial charge on any atom is 0.410 e. The maximum absolute atomic E-state index is 15.2. The number of carbonyl (C=O) groups is 12. The number of methoxy groups -OCH3 is 3. The van der Waals surface area contributed by atoms with Gasteiger partial charge in [0.25, 0.3) is 5.91 Å². The molecule has 0 aromatic heterocycles. The number of nitrogens with one attached hydrogen (secondary N) is 2. The molecule has 0 spiro atoms. The van der Waals surface area contributed by atoms with E-state index in [2.05, 4.69) is 10.6 Å². The summed E-state index contributed by atoms with van der Waals surface area (Å²) in [6.07, 6.45) is 1.66. The van der Waals surface area contributed by atoms with Crippen molar-refractivity contribution in [3.05, 3.63) is 71.8 Å². The molecule has 1 saturated heterocycles. The second-order valence-electron chi connectivity index (χ2n) is 32.2. The number of esters is 1. The van der Waals surface area contributed by atoms with E-state index in [1.165, 1.54) is 94.9 Å². The summed E-state index contributed by atoms with van der Waals surface area (Å²) >= 11 is 0. The van der Waals surface area contributed by atoms with Crippen LogP contribution in [0.15, 0.2) is 60.7 Å². The number of fused-ring (bicyclic) bond motifs is 3. The number of hydrogen-bond donors (Lipinski definition) is 2. The molecule has 1 fully saturated rings. The molecule has 2 N–H and O–H groups in total. The number of nitrogens with zero attached hydrogens (tertiary/aromatic N) is 6. The Bertz CT molecular complexity index is 3390. The van der Waals surface area contributed by atoms with Gasteiger partial charge in [-0.1, -0.05) is 165 Å². The Hall–Kier alpha value is -7.90. The molecular weight excluding hydrogens is 1370 g/mol. The maximum atomic E-state index is 15.2. The predicted molar refractivity (Wildman–Crippen MR) is 409 cm³/mol. The molecule has 4 rings (SSSR count). The number of likely N-dealkylation sites (N-methyl/N-ethyl adjacent to an activating group) is 5. The summed E-state index contributed by atoms with van der Waals surface area (Å²) in [5, 5.41) is 6.47. The van der Waals surface area contributed by atoms with Crippen LogP contribution in [0.4, 0.5) is 4.79 Å². The van der Waals surface area contributed by atoms with Gasteiger partial charge in [0.05, 0.1) is 19.2 Å². The monoisotopic (exact) mass is 1500 g/mol. The Morgan fingerprint density at radius 1 is 0.598 bits per heavy atom. The van der Waals surface area contributed by atoms with Gasteiger partial charge in [0.1, 0.15) is 42.9 Å². The van der Waals surface area contributed by atoms with Crippen molar-refractivity contribution in [1.82, 2.24) is 40.2 Å². The SMILES string of the molecule is C/C=C/C[C@@H](C)[C@H]1ON(C(=O)[C@H](C(C)C)N(C)C(=O)[C@@H](CC(=O)[C@H](CC(C)C)N(C)C(=O)[C@@H](C)NC(=O)[C@H](C)CC(=O)[C@H](CC(C)C)N(C)C(=O)[C@@H](CC(=O)[C@@H](N(C)C(=O)[C@@H](C)N(C)C(=O)OCC2c3ccccc3-c3ccccc32)C(C)(C)C(OC)OC)C(C)C)CC(C)C)[C@@H]1C(=O)N[C@@H](CC)C(=O)OC. The summed E-state index contributed by atoms with van der Waals surface area (Å²) in [7, 11) is 11.4. The lowest BCUT2D eigenvalue weighted by Crippen LogP contribution is -2.71. The summed E-state index contributed by atoms with van der Waals surface area (Å²) in [5.74, 6) is -10.9. The van der Waals surface area contributed by atoms with Crippen molar-refractivity contribution in [2.75, 3.05) is 63.2 Å². The Morgan fingerprint density at radius 2 is 1.11 bits per heavy atom. The van der Waals surface area contributed by atoms with Crippen LogP contribution < -0.4 is 10.6 Å². The zero-order valence-corrected chi connectivity index (χ0v) is 68.8. The molecule has 107 heavy (non-hydrogen) atoms. The van der Waals surface area contributed by atoms with Crippen LogP contribution in [0.25, 0.3) is 11.1 Å². The number of hydrogen-bond acceptors (Lipinski definition) is 17. The minimum atomic E-state index is -1.28. The fourth-order valence-corrected chi connectivity index (χ4v) is 15.1. The number of ketones is 3. The molecule has 13 atom stereocenters. The standard InChI is InChI=1S/C82H128N8O17/c1-27-29-34-51(13)70-69(73(95)84-62(28-2)79(101)103-24)90(107-70)78(100)68(50(11)12)88(22)76(98)55(39-46(3)4)43-66(92)64(41-48(7)8)86(20)74(96)53(15)83-72(94)52(14)42-65(91)63(40-47(5)6)87(21)77(99)60(49(9)10)44-67(93)71(82(17,18)80(104-25)105-26)89(23)75(97)54(16)85(19)81(102)106-45-61-58-37-32-30-35-56(58)57-36-31-33-38-59(57)61/h27,29-33,35-38,46-55,60-64,68-71,80H,28,34,39-45H2,1-26H3,(H,83,94)(H,84,95)/b29-27+/t51-,52-,53-,54-,55-,60+,62+,63+,64+,68+,69+,70-,71-/m1/s1. The van der Waals surface area contributed by atoms with Gasteiger partial charge in [0.15, 0.2) is 29.7 Å². The smallest absolute Gasteiger partial charge is 0.410 e. The molecule has 0 saturated carbocycles. The van der Waals surface area contributed by atoms with Gasteiger partial charge in [-0.2, -0.15) is 0 Å². The van der Waals surface area contributed by atoms with Crippen molar-refractivity contribution in [1.29, 1.82) is 0 Å². The number of rotatable bonds is 42. The minimum Gasteiger partial charge on any atom is -0.467 e. The first-order valence-electron chi connectivity index (χ1n) is 38.1. The van der Waals surface area contributed by atoms with Gasteiger partial charge in [-0.3, -0.25) is 57.7 Å². The second-order valence-corrected chi connectivity index (χ2v) is 32.2. The molecule has 2 aromatic carbocycles. The summed E-state index contributed by atoms with van der Waals surface area (Å²) in [5.41, 5.74) is 2.90. The average molecular weight is 1500 g/mol. The highest BCUT2D eigenvalue weighted by molar-refractivity contribution is 5.99. The number of Topliss-reactive ketones (excluding diaryl/α,β-unsaturated/α-hetero) is 3. The first-order valence-corrected chi connectivity index (χ1v) is 38.1. The van der Waals surface area contributed by atoms with E-state index in [1.54, 1.807) is 55.4 Å². The van der Waals surface area contributed by atoms with Gasteiger partial charge in [0, 0.05) is 97.8 Å². The molecule has 598 valence electrons. The van der Waals surface area contributed by atoms with Gasteiger partial charge >= 0.3 is 12.1 Å². The zero-order valence-electron chi connectivity index (χ0n) is 68.8. The molecule has 1 aliphatic carbocycles. The number of amides is 8. The Kier molecular flexibility index (Phi) is 35.1. The normalized spacial score (nSPS) is 17.5. The third-order valence-electron chi connectivity index (χ3n) is 21.3. The third-order valence-corrected chi connectivity index (χ3v) is 21.3. The minimum absolute atomic E-state index is 0.0162. The molecule has 2 aliphatic rings. The number of ether oxygens (including phenoxy) is 4. The Morgan fingerprint density at radius 3 is 1.59 bits per heavy atom. The van der Waals surface area contributed by atoms with E-state index in [4.69, 9.17) is 23.8 Å². The van der Waals surface area contributed by atoms with Gasteiger partial charge in [-0.05, 0) is 111 Å². The molecule has 8 amide bonds. The van der Waals surface area contributed by atoms with Crippen LogP contribution >= 0.6 is 0 Å². The van der Waals surface area contributed by atoms with Gasteiger partial charge in [0.2, 0.25) is 35.4 Å². The fourth-order valence-electron chi connectivity index (χ4n) is 15.1. The molecule has 0 bridgehead atoms. The van der Waals surface area contributed by atoms with Crippen molar-refractivity contribution in [2.45, 2.75) is 243 Å². The first-order chi connectivity index (χ1) is 50.0. The van der Waals surface area contributed by atoms with E-state index in [-0.39, 0.29) is 81.1 Å². The summed E-state index contributed by atoms with van der Waals surface area (Å²) < 4.78 is 22.3. The number of carbonyl (C=O) groups excluding carboxylic acids is 12. The molecule has 0 radical (unpaired) electrons. The largest absolute Gasteiger partial charge is 0.467 e. The van der Waals surface area contributed by atoms with Crippen molar-refractivity contribution >= 4 is 70.8 Å². The third kappa shape index (κ3) is 22.9. The lowest BCUT2D eigenvalue weighted by Gasteiger charge is -2.50. The van der Waals surface area contributed by atoms with Gasteiger partial charge in [-0.15, -0.1) is 0 Å². The predicted octanol–water partition coefficient (Wildman–Crippen LogP) is 10.1. The van der Waals surface area contributed by atoms with Crippen LogP contribution in [0, 0.1) is 58.7 Å². The molecular formula is C82H128N8O17. The van der Waals surface area contributed by atoms with Gasteiger partial charge in [-0.25, -0.2) is 14.7 Å². The molecule has 1 heterocycles. The first kappa shape index (κ1) is 91.5. The molecule has 25 heteroatoms. The molecule has 2 aromatic rings. The average Bonchev–Trinajstić information content (AvgIpc) is 1.67. The fraction of sp³-hybridized carbons (Fsp3) is 0.683. The molecule has 25 nitrogen and oxygen atoms in total. The van der Waals surface area contributed by atoms with Crippen LogP contribution in [0.1, 0.15) is 193 Å². The summed E-state index contributed by atoms with van der Waals surface area (Å²) in [4.78, 5) is 186. The number of allylic oxidation sites excluding steroid dienone is 2. The lowest BCUT2D eigenvalue weighted by molar-refractivity contribution is -0.321. The lowest BCUT2D eigenvalue weighted by atomic mass is 9.76. The van der Waals surface area contributed by atoms with E-state index in [9.17, 15) is 47.9 Å². The number of hydroxylamine groups is 2. The highest BCUT2D eigenvalue weighted by Gasteiger charge is 2.55. The highest BCUT2D eigenvalue weighted by Crippen LogP contribution is 2.45. The van der Waals surface area contributed by atoms with E-state index >= 15 is 9.59 Å². The van der Waals surface area contributed by atoms with E-state index in [0.717, 1.165) is 27.3 Å². The van der Waals surface area contributed by atoms with Crippen LogP contribution in [-0.4, -0.2) is 224 Å². The summed E-state index contributed by atoms with van der Waals surface area (Å²) in [6.45, 7) is 31.9.